The first kappa shape index (κ1) is 9.92. The Bertz CT molecular complexity index is 406. The molecule has 0 aliphatic rings. The summed E-state index contributed by atoms with van der Waals surface area (Å²) >= 11 is 0. The van der Waals surface area contributed by atoms with Gasteiger partial charge in [0.05, 0.1) is 18.4 Å². The zero-order valence-electron chi connectivity index (χ0n) is 8.73. The van der Waals surface area contributed by atoms with E-state index in [1.807, 2.05) is 0 Å². The quantitative estimate of drug-likeness (QED) is 0.828. The maximum Gasteiger partial charge on any atom is 0.251 e. The van der Waals surface area contributed by atoms with Crippen molar-refractivity contribution in [2.24, 2.45) is 0 Å². The lowest BCUT2D eigenvalue weighted by molar-refractivity contribution is 0.458. The zero-order chi connectivity index (χ0) is 10.7. The molecule has 1 N–H and O–H groups in total. The van der Waals surface area contributed by atoms with Crippen LogP contribution in [-0.2, 0) is 6.54 Å². The maximum atomic E-state index is 5.43. The number of furan rings is 1. The highest BCUT2D eigenvalue weighted by Crippen LogP contribution is 2.17. The van der Waals surface area contributed by atoms with Crippen molar-refractivity contribution >= 4 is 0 Å². The number of rotatable bonds is 4. The molecule has 15 heavy (non-hydrogen) atoms. The Morgan fingerprint density at radius 3 is 2.93 bits per heavy atom. The van der Waals surface area contributed by atoms with Crippen LogP contribution in [0.15, 0.2) is 27.4 Å². The van der Waals surface area contributed by atoms with Gasteiger partial charge in [0.15, 0.2) is 0 Å². The van der Waals surface area contributed by atoms with Crippen molar-refractivity contribution in [3.63, 3.8) is 0 Å². The predicted octanol–water partition coefficient (Wildman–Crippen LogP) is 1.83. The Balaban J connectivity index is 2.04. The molecule has 2 aromatic heterocycles. The van der Waals surface area contributed by atoms with Crippen molar-refractivity contribution in [3.8, 4) is 11.5 Å². The number of nitrogens with zero attached hydrogens (tertiary/aromatic N) is 2. The van der Waals surface area contributed by atoms with Gasteiger partial charge in [0, 0.05) is 6.04 Å². The van der Waals surface area contributed by atoms with Gasteiger partial charge in [0.2, 0.25) is 5.89 Å². The minimum absolute atomic E-state index is 0.397. The van der Waals surface area contributed by atoms with Crippen LogP contribution in [0.5, 0.6) is 0 Å². The molecule has 2 aromatic rings. The molecule has 2 rings (SSSR count). The van der Waals surface area contributed by atoms with Crippen molar-refractivity contribution < 1.29 is 8.83 Å². The van der Waals surface area contributed by atoms with Gasteiger partial charge in [-0.2, -0.15) is 0 Å². The van der Waals surface area contributed by atoms with E-state index < -0.39 is 0 Å². The third kappa shape index (κ3) is 2.44. The molecule has 5 nitrogen and oxygen atoms in total. The van der Waals surface area contributed by atoms with E-state index >= 15 is 0 Å². The summed E-state index contributed by atoms with van der Waals surface area (Å²) < 4.78 is 10.4. The molecule has 0 atom stereocenters. The molecule has 0 amide bonds. The first-order valence-corrected chi connectivity index (χ1v) is 4.84. The lowest BCUT2D eigenvalue weighted by Gasteiger charge is -2.03. The molecule has 0 unspecified atom stereocenters. The maximum absolute atomic E-state index is 5.43. The van der Waals surface area contributed by atoms with E-state index in [2.05, 4.69) is 29.4 Å². The highest BCUT2D eigenvalue weighted by Gasteiger charge is 2.09. The van der Waals surface area contributed by atoms with Gasteiger partial charge in [-0.25, -0.2) is 0 Å². The molecule has 0 saturated carbocycles. The Hall–Kier alpha value is -1.62. The first-order chi connectivity index (χ1) is 7.25. The average molecular weight is 207 g/mol. The summed E-state index contributed by atoms with van der Waals surface area (Å²) in [6, 6.07) is 2.18. The van der Waals surface area contributed by atoms with Crippen molar-refractivity contribution in [1.29, 1.82) is 0 Å². The summed E-state index contributed by atoms with van der Waals surface area (Å²) in [7, 11) is 0. The van der Waals surface area contributed by atoms with E-state index in [1.54, 1.807) is 18.6 Å². The van der Waals surface area contributed by atoms with E-state index in [0.717, 1.165) is 5.56 Å². The van der Waals surface area contributed by atoms with E-state index in [4.69, 9.17) is 8.83 Å². The lowest BCUT2D eigenvalue weighted by Crippen LogP contribution is -2.21. The second-order valence-corrected chi connectivity index (χ2v) is 3.55. The fourth-order valence-corrected chi connectivity index (χ4v) is 1.12. The molecular formula is C10H13N3O2. The molecule has 0 aliphatic heterocycles. The number of hydrogen-bond donors (Lipinski definition) is 1. The van der Waals surface area contributed by atoms with Crippen molar-refractivity contribution in [2.75, 3.05) is 0 Å². The van der Waals surface area contributed by atoms with E-state index in [0.29, 0.717) is 24.4 Å². The lowest BCUT2D eigenvalue weighted by atomic mass is 10.3. The molecule has 0 aromatic carbocycles. The van der Waals surface area contributed by atoms with Crippen molar-refractivity contribution in [3.05, 3.63) is 24.5 Å². The first-order valence-electron chi connectivity index (χ1n) is 4.84. The smallest absolute Gasteiger partial charge is 0.251 e. The van der Waals surface area contributed by atoms with Crippen LogP contribution in [0.2, 0.25) is 0 Å². The average Bonchev–Trinajstić information content (AvgIpc) is 2.85. The molecule has 0 bridgehead atoms. The molecule has 0 fully saturated rings. The van der Waals surface area contributed by atoms with E-state index in [1.165, 1.54) is 0 Å². The van der Waals surface area contributed by atoms with Gasteiger partial charge in [0.1, 0.15) is 6.26 Å². The second kappa shape index (κ2) is 4.27. The summed E-state index contributed by atoms with van der Waals surface area (Å²) in [4.78, 5) is 0. The van der Waals surface area contributed by atoms with Gasteiger partial charge in [-0.15, -0.1) is 10.2 Å². The second-order valence-electron chi connectivity index (χ2n) is 3.55. The summed E-state index contributed by atoms with van der Waals surface area (Å²) in [6.07, 6.45) is 3.15. The van der Waals surface area contributed by atoms with Gasteiger partial charge >= 0.3 is 0 Å². The largest absolute Gasteiger partial charge is 0.472 e. The molecule has 0 aliphatic carbocycles. The van der Waals surface area contributed by atoms with E-state index in [-0.39, 0.29) is 0 Å². The Morgan fingerprint density at radius 1 is 1.40 bits per heavy atom. The zero-order valence-corrected chi connectivity index (χ0v) is 8.73. The standard InChI is InChI=1S/C10H13N3O2/c1-7(2)11-5-9-12-13-10(15-9)8-3-4-14-6-8/h3-4,6-7,11H,5H2,1-2H3. The SMILES string of the molecule is CC(C)NCc1nnc(-c2ccoc2)o1. The van der Waals surface area contributed by atoms with Crippen LogP contribution in [-0.4, -0.2) is 16.2 Å². The third-order valence-corrected chi connectivity index (χ3v) is 1.90. The van der Waals surface area contributed by atoms with Gasteiger partial charge in [-0.05, 0) is 6.07 Å². The molecule has 0 spiro atoms. The minimum atomic E-state index is 0.397. The highest BCUT2D eigenvalue weighted by molar-refractivity contribution is 5.49. The van der Waals surface area contributed by atoms with Crippen molar-refractivity contribution in [2.45, 2.75) is 26.4 Å². The Labute approximate surface area is 87.5 Å². The van der Waals surface area contributed by atoms with Gasteiger partial charge in [-0.1, -0.05) is 13.8 Å². The molecule has 5 heteroatoms. The number of hydrogen-bond acceptors (Lipinski definition) is 5. The summed E-state index contributed by atoms with van der Waals surface area (Å²) in [6.45, 7) is 4.71. The van der Waals surface area contributed by atoms with Gasteiger partial charge < -0.3 is 14.2 Å². The monoisotopic (exact) mass is 207 g/mol. The fourth-order valence-electron chi connectivity index (χ4n) is 1.12. The van der Waals surface area contributed by atoms with Crippen LogP contribution < -0.4 is 5.32 Å². The molecule has 2 heterocycles. The summed E-state index contributed by atoms with van der Waals surface area (Å²) in [5, 5.41) is 11.0. The molecule has 0 saturated heterocycles. The predicted molar refractivity (Wildman–Crippen MR) is 54.0 cm³/mol. The summed E-state index contributed by atoms with van der Waals surface area (Å²) in [5.41, 5.74) is 0.804. The number of aromatic nitrogens is 2. The van der Waals surface area contributed by atoms with Crippen LogP contribution in [0, 0.1) is 0 Å². The van der Waals surface area contributed by atoms with E-state index in [9.17, 15) is 0 Å². The van der Waals surface area contributed by atoms with Crippen LogP contribution in [0.3, 0.4) is 0 Å². The van der Waals surface area contributed by atoms with Crippen LogP contribution in [0.4, 0.5) is 0 Å². The van der Waals surface area contributed by atoms with Crippen LogP contribution >= 0.6 is 0 Å². The van der Waals surface area contributed by atoms with Crippen LogP contribution in [0.25, 0.3) is 11.5 Å². The Kier molecular flexibility index (Phi) is 2.82. The Morgan fingerprint density at radius 2 is 2.27 bits per heavy atom. The van der Waals surface area contributed by atoms with Crippen LogP contribution in [0.1, 0.15) is 19.7 Å². The third-order valence-electron chi connectivity index (χ3n) is 1.90. The normalized spacial score (nSPS) is 11.1. The van der Waals surface area contributed by atoms with Crippen molar-refractivity contribution in [1.82, 2.24) is 15.5 Å². The molecular weight excluding hydrogens is 194 g/mol. The fraction of sp³-hybridized carbons (Fsp3) is 0.400. The number of nitrogens with one attached hydrogen (secondary N) is 1. The van der Waals surface area contributed by atoms with Gasteiger partial charge in [-0.3, -0.25) is 0 Å². The highest BCUT2D eigenvalue weighted by atomic mass is 16.4. The summed E-state index contributed by atoms with van der Waals surface area (Å²) in [5.74, 6) is 1.07. The minimum Gasteiger partial charge on any atom is -0.472 e. The molecule has 0 radical (unpaired) electrons. The molecule has 80 valence electrons. The van der Waals surface area contributed by atoms with Gasteiger partial charge in [0.25, 0.3) is 5.89 Å². The topological polar surface area (TPSA) is 64.1 Å².